The van der Waals surface area contributed by atoms with Crippen molar-refractivity contribution in [3.63, 3.8) is 0 Å². The fourth-order valence-electron chi connectivity index (χ4n) is 2.46. The Morgan fingerprint density at radius 3 is 2.42 bits per heavy atom. The van der Waals surface area contributed by atoms with E-state index in [1.54, 1.807) is 0 Å². The second kappa shape index (κ2) is 8.97. The maximum absolute atomic E-state index is 12.4. The number of hydrogen-bond acceptors (Lipinski definition) is 4. The zero-order valence-corrected chi connectivity index (χ0v) is 14.9. The van der Waals surface area contributed by atoms with Crippen molar-refractivity contribution < 1.29 is 4.79 Å². The Labute approximate surface area is 157 Å². The molecule has 2 aromatic carbocycles. The number of aromatic nitrogens is 2. The molecule has 132 valence electrons. The number of rotatable bonds is 7. The van der Waals surface area contributed by atoms with Gasteiger partial charge in [0, 0.05) is 12.2 Å². The molecule has 0 aliphatic rings. The quantitative estimate of drug-likeness (QED) is 0.614. The minimum Gasteiger partial charge on any atom is -0.351 e. The zero-order valence-electron chi connectivity index (χ0n) is 14.2. The molecule has 0 aliphatic heterocycles. The molecular weight excluding hydrogens is 348 g/mol. The first-order valence-corrected chi connectivity index (χ1v) is 8.77. The molecule has 0 unspecified atom stereocenters. The average Bonchev–Trinajstić information content (AvgIpc) is 2.68. The number of amides is 1. The lowest BCUT2D eigenvalue weighted by molar-refractivity contribution is 0.0948. The number of aryl methyl sites for hydroxylation is 1. The van der Waals surface area contributed by atoms with Gasteiger partial charge in [0.15, 0.2) is 5.69 Å². The van der Waals surface area contributed by atoms with Crippen molar-refractivity contribution in [2.45, 2.75) is 12.8 Å². The Bertz CT molecular complexity index is 856. The first-order chi connectivity index (χ1) is 12.7. The Balaban J connectivity index is 1.57. The molecule has 3 rings (SSSR count). The van der Waals surface area contributed by atoms with Crippen LogP contribution in [0.1, 0.15) is 22.5 Å². The maximum Gasteiger partial charge on any atom is 0.271 e. The summed E-state index contributed by atoms with van der Waals surface area (Å²) >= 11 is 6.09. The summed E-state index contributed by atoms with van der Waals surface area (Å²) in [6.45, 7) is 0.551. The molecular formula is C20H19ClN4O. The van der Waals surface area contributed by atoms with Gasteiger partial charge in [0.2, 0.25) is 5.95 Å². The number of nitrogens with one attached hydrogen (secondary N) is 2. The van der Waals surface area contributed by atoms with Gasteiger partial charge in [0.05, 0.1) is 11.2 Å². The van der Waals surface area contributed by atoms with Crippen LogP contribution in [0.3, 0.4) is 0 Å². The van der Waals surface area contributed by atoms with Crippen LogP contribution in [0.4, 0.5) is 11.6 Å². The highest BCUT2D eigenvalue weighted by molar-refractivity contribution is 6.33. The Kier molecular flexibility index (Phi) is 6.17. The maximum atomic E-state index is 12.4. The topological polar surface area (TPSA) is 66.9 Å². The van der Waals surface area contributed by atoms with E-state index in [1.807, 2.05) is 48.5 Å². The van der Waals surface area contributed by atoms with Crippen LogP contribution in [-0.2, 0) is 6.42 Å². The monoisotopic (exact) mass is 366 g/mol. The van der Waals surface area contributed by atoms with E-state index in [0.29, 0.717) is 12.5 Å². The fourth-order valence-corrected chi connectivity index (χ4v) is 2.64. The van der Waals surface area contributed by atoms with E-state index in [9.17, 15) is 4.79 Å². The normalized spacial score (nSPS) is 10.3. The van der Waals surface area contributed by atoms with Gasteiger partial charge in [0.25, 0.3) is 5.91 Å². The number of nitrogens with zero attached hydrogens (tertiary/aromatic N) is 2. The molecule has 0 saturated carbocycles. The highest BCUT2D eigenvalue weighted by Crippen LogP contribution is 2.17. The van der Waals surface area contributed by atoms with Crippen molar-refractivity contribution in [3.05, 3.63) is 83.1 Å². The van der Waals surface area contributed by atoms with Gasteiger partial charge in [0.1, 0.15) is 0 Å². The molecule has 0 spiro atoms. The van der Waals surface area contributed by atoms with Gasteiger partial charge >= 0.3 is 0 Å². The molecule has 0 radical (unpaired) electrons. The third-order valence-electron chi connectivity index (χ3n) is 3.76. The van der Waals surface area contributed by atoms with Crippen LogP contribution >= 0.6 is 11.6 Å². The standard InChI is InChI=1S/C20H19ClN4O/c21-17-14-23-20(24-16-11-5-2-6-12-16)25-18(17)19(26)22-13-7-10-15-8-3-1-4-9-15/h1-6,8-9,11-12,14H,7,10,13H2,(H,22,26)(H,23,24,25). The first kappa shape index (κ1) is 17.9. The number of para-hydroxylation sites is 1. The summed E-state index contributed by atoms with van der Waals surface area (Å²) < 4.78 is 0. The van der Waals surface area contributed by atoms with E-state index in [0.717, 1.165) is 18.5 Å². The average molecular weight is 367 g/mol. The number of halogens is 1. The van der Waals surface area contributed by atoms with E-state index in [4.69, 9.17) is 11.6 Å². The van der Waals surface area contributed by atoms with Gasteiger partial charge in [-0.3, -0.25) is 4.79 Å². The second-order valence-corrected chi connectivity index (χ2v) is 6.13. The third kappa shape index (κ3) is 5.04. The van der Waals surface area contributed by atoms with Crippen molar-refractivity contribution in [1.29, 1.82) is 0 Å². The number of carbonyl (C=O) groups excluding carboxylic acids is 1. The minimum absolute atomic E-state index is 0.166. The van der Waals surface area contributed by atoms with Gasteiger partial charge < -0.3 is 10.6 Å². The van der Waals surface area contributed by atoms with E-state index < -0.39 is 0 Å². The molecule has 3 aromatic rings. The first-order valence-electron chi connectivity index (χ1n) is 8.39. The molecule has 6 heteroatoms. The number of anilines is 2. The predicted molar refractivity (Wildman–Crippen MR) is 104 cm³/mol. The van der Waals surface area contributed by atoms with E-state index in [2.05, 4.69) is 32.7 Å². The molecule has 0 saturated heterocycles. The third-order valence-corrected chi connectivity index (χ3v) is 4.04. The van der Waals surface area contributed by atoms with Crippen LogP contribution in [0.25, 0.3) is 0 Å². The Morgan fingerprint density at radius 1 is 1.00 bits per heavy atom. The summed E-state index contributed by atoms with van der Waals surface area (Å²) in [6.07, 6.45) is 3.17. The number of hydrogen-bond donors (Lipinski definition) is 2. The summed E-state index contributed by atoms with van der Waals surface area (Å²) in [5, 5.41) is 6.14. The molecule has 5 nitrogen and oxygen atoms in total. The van der Waals surface area contributed by atoms with E-state index in [-0.39, 0.29) is 16.6 Å². The molecule has 1 amide bonds. The van der Waals surface area contributed by atoms with Crippen LogP contribution in [0, 0.1) is 0 Å². The van der Waals surface area contributed by atoms with Crippen molar-refractivity contribution >= 4 is 29.1 Å². The summed E-state index contributed by atoms with van der Waals surface area (Å²) in [6, 6.07) is 19.7. The highest BCUT2D eigenvalue weighted by Gasteiger charge is 2.14. The zero-order chi connectivity index (χ0) is 18.2. The SMILES string of the molecule is O=C(NCCCc1ccccc1)c1nc(Nc2ccccc2)ncc1Cl. The second-order valence-electron chi connectivity index (χ2n) is 5.73. The lowest BCUT2D eigenvalue weighted by Gasteiger charge is -2.09. The van der Waals surface area contributed by atoms with Gasteiger partial charge in [-0.1, -0.05) is 60.1 Å². The Hall–Kier alpha value is -2.92. The molecule has 2 N–H and O–H groups in total. The number of benzene rings is 2. The van der Waals surface area contributed by atoms with E-state index >= 15 is 0 Å². The fraction of sp³-hybridized carbons (Fsp3) is 0.150. The predicted octanol–water partition coefficient (Wildman–Crippen LogP) is 4.24. The Morgan fingerprint density at radius 2 is 1.69 bits per heavy atom. The van der Waals surface area contributed by atoms with Gasteiger partial charge in [-0.15, -0.1) is 0 Å². The molecule has 0 fully saturated rings. The van der Waals surface area contributed by atoms with Crippen molar-refractivity contribution in [1.82, 2.24) is 15.3 Å². The molecule has 0 atom stereocenters. The molecule has 1 aromatic heterocycles. The van der Waals surface area contributed by atoms with Gasteiger partial charge in [-0.25, -0.2) is 9.97 Å². The lowest BCUT2D eigenvalue weighted by Crippen LogP contribution is -2.26. The summed E-state index contributed by atoms with van der Waals surface area (Å²) in [4.78, 5) is 20.7. The largest absolute Gasteiger partial charge is 0.351 e. The van der Waals surface area contributed by atoms with Crippen molar-refractivity contribution in [2.24, 2.45) is 0 Å². The smallest absolute Gasteiger partial charge is 0.271 e. The minimum atomic E-state index is -0.304. The van der Waals surface area contributed by atoms with Crippen molar-refractivity contribution in [2.75, 3.05) is 11.9 Å². The summed E-state index contributed by atoms with van der Waals surface area (Å²) in [5.41, 5.74) is 2.25. The molecule has 0 aliphatic carbocycles. The summed E-state index contributed by atoms with van der Waals surface area (Å²) in [5.74, 6) is 0.0246. The number of carbonyl (C=O) groups is 1. The molecule has 0 bridgehead atoms. The van der Waals surface area contributed by atoms with Crippen LogP contribution in [0.2, 0.25) is 5.02 Å². The summed E-state index contributed by atoms with van der Waals surface area (Å²) in [7, 11) is 0. The van der Waals surface area contributed by atoms with Crippen molar-refractivity contribution in [3.8, 4) is 0 Å². The molecule has 26 heavy (non-hydrogen) atoms. The van der Waals surface area contributed by atoms with Crippen LogP contribution in [-0.4, -0.2) is 22.4 Å². The van der Waals surface area contributed by atoms with Gasteiger partial charge in [-0.2, -0.15) is 0 Å². The highest BCUT2D eigenvalue weighted by atomic mass is 35.5. The van der Waals surface area contributed by atoms with Gasteiger partial charge in [-0.05, 0) is 30.5 Å². The lowest BCUT2D eigenvalue weighted by atomic mass is 10.1. The molecule has 1 heterocycles. The van der Waals surface area contributed by atoms with Crippen LogP contribution in [0.15, 0.2) is 66.9 Å². The van der Waals surface area contributed by atoms with E-state index in [1.165, 1.54) is 11.8 Å². The van der Waals surface area contributed by atoms with Crippen LogP contribution in [0.5, 0.6) is 0 Å². The van der Waals surface area contributed by atoms with Crippen LogP contribution < -0.4 is 10.6 Å².